The Labute approximate surface area is 126 Å². The second-order valence-electron chi connectivity index (χ2n) is 7.05. The second-order valence-corrected chi connectivity index (χ2v) is 7.05. The zero-order valence-electron chi connectivity index (χ0n) is 13.0. The van der Waals surface area contributed by atoms with Gasteiger partial charge in [0.2, 0.25) is 0 Å². The molecule has 5 heteroatoms. The molecule has 0 aromatic heterocycles. The van der Waals surface area contributed by atoms with Crippen molar-refractivity contribution in [1.82, 2.24) is 9.80 Å². The fourth-order valence-electron chi connectivity index (χ4n) is 4.64. The fourth-order valence-corrected chi connectivity index (χ4v) is 4.64. The number of fused-ring (bicyclic) bond motifs is 2. The number of urea groups is 1. The molecule has 3 atom stereocenters. The first-order valence-electron chi connectivity index (χ1n) is 8.31. The largest absolute Gasteiger partial charge is 0.481 e. The van der Waals surface area contributed by atoms with Crippen LogP contribution in [-0.2, 0) is 4.79 Å². The van der Waals surface area contributed by atoms with E-state index >= 15 is 0 Å². The molecule has 3 aliphatic rings. The van der Waals surface area contributed by atoms with Crippen LogP contribution in [0.25, 0.3) is 0 Å². The molecule has 3 aliphatic heterocycles. The zero-order valence-corrected chi connectivity index (χ0v) is 13.0. The topological polar surface area (TPSA) is 60.9 Å². The lowest BCUT2D eigenvalue weighted by Gasteiger charge is -2.31. The summed E-state index contributed by atoms with van der Waals surface area (Å²) in [6.45, 7) is 6.08. The minimum Gasteiger partial charge on any atom is -0.481 e. The Morgan fingerprint density at radius 3 is 2.48 bits per heavy atom. The molecule has 0 spiro atoms. The van der Waals surface area contributed by atoms with Crippen molar-refractivity contribution in [3.05, 3.63) is 0 Å². The molecule has 0 aliphatic carbocycles. The summed E-state index contributed by atoms with van der Waals surface area (Å²) in [5.41, 5.74) is 0.278. The minimum atomic E-state index is -0.738. The maximum absolute atomic E-state index is 12.9. The Morgan fingerprint density at radius 2 is 1.95 bits per heavy atom. The predicted octanol–water partition coefficient (Wildman–Crippen LogP) is 2.56. The van der Waals surface area contributed by atoms with Gasteiger partial charge in [-0.2, -0.15) is 0 Å². The van der Waals surface area contributed by atoms with E-state index in [9.17, 15) is 14.7 Å². The molecule has 0 saturated carbocycles. The third kappa shape index (κ3) is 2.21. The molecule has 3 saturated heterocycles. The fraction of sp³-hybridized carbons (Fsp3) is 0.875. The van der Waals surface area contributed by atoms with Gasteiger partial charge in [0.1, 0.15) is 0 Å². The maximum Gasteiger partial charge on any atom is 0.320 e. The number of nitrogens with zero attached hydrogens (tertiary/aromatic N) is 2. The monoisotopic (exact) mass is 294 g/mol. The van der Waals surface area contributed by atoms with Crippen molar-refractivity contribution in [3.8, 4) is 0 Å². The van der Waals surface area contributed by atoms with E-state index in [0.29, 0.717) is 6.42 Å². The lowest BCUT2D eigenvalue weighted by Crippen LogP contribution is -2.46. The van der Waals surface area contributed by atoms with Gasteiger partial charge in [0.05, 0.1) is 5.92 Å². The summed E-state index contributed by atoms with van der Waals surface area (Å²) in [5, 5.41) is 9.31. The van der Waals surface area contributed by atoms with Crippen LogP contribution in [0.4, 0.5) is 4.79 Å². The number of likely N-dealkylation sites (tertiary alicyclic amines) is 1. The third-order valence-electron chi connectivity index (χ3n) is 6.28. The molecule has 0 aromatic rings. The van der Waals surface area contributed by atoms with Crippen LogP contribution in [0, 0.1) is 11.3 Å². The maximum atomic E-state index is 12.9. The van der Waals surface area contributed by atoms with Crippen molar-refractivity contribution in [2.45, 2.75) is 64.5 Å². The highest BCUT2D eigenvalue weighted by atomic mass is 16.4. The van der Waals surface area contributed by atoms with E-state index in [1.165, 1.54) is 0 Å². The number of carboxylic acids is 1. The Bertz CT molecular complexity index is 447. The minimum absolute atomic E-state index is 0.0711. The molecule has 3 rings (SSSR count). The SMILES string of the molecule is CCC1(CC)CCN(C(=O)N2C3CCC2C(C(=O)O)C3)C1. The Hall–Kier alpha value is -1.26. The number of carboxylic acid groups (broad SMARTS) is 1. The normalized spacial score (nSPS) is 33.7. The van der Waals surface area contributed by atoms with E-state index in [1.54, 1.807) is 0 Å². The highest BCUT2D eigenvalue weighted by Crippen LogP contribution is 2.44. The van der Waals surface area contributed by atoms with Crippen molar-refractivity contribution >= 4 is 12.0 Å². The van der Waals surface area contributed by atoms with Crippen LogP contribution in [0.3, 0.4) is 0 Å². The van der Waals surface area contributed by atoms with Crippen LogP contribution in [0.1, 0.15) is 52.4 Å². The van der Waals surface area contributed by atoms with Crippen LogP contribution in [-0.4, -0.2) is 52.1 Å². The van der Waals surface area contributed by atoms with Crippen molar-refractivity contribution in [2.24, 2.45) is 11.3 Å². The number of carbonyl (C=O) groups is 2. The molecule has 2 bridgehead atoms. The van der Waals surface area contributed by atoms with E-state index < -0.39 is 5.97 Å². The second kappa shape index (κ2) is 5.18. The van der Waals surface area contributed by atoms with Crippen LogP contribution >= 0.6 is 0 Å². The summed E-state index contributed by atoms with van der Waals surface area (Å²) in [5.74, 6) is -1.09. The average molecular weight is 294 g/mol. The average Bonchev–Trinajstić information content (AvgIpc) is 3.19. The number of carbonyl (C=O) groups excluding carboxylic acids is 1. The summed E-state index contributed by atoms with van der Waals surface area (Å²) >= 11 is 0. The first kappa shape index (κ1) is 14.7. The number of amides is 2. The number of rotatable bonds is 3. The molecule has 3 heterocycles. The Balaban J connectivity index is 1.71. The molecular formula is C16H26N2O3. The van der Waals surface area contributed by atoms with Crippen molar-refractivity contribution < 1.29 is 14.7 Å². The van der Waals surface area contributed by atoms with Gasteiger partial charge in [-0.15, -0.1) is 0 Å². The van der Waals surface area contributed by atoms with E-state index in [0.717, 1.165) is 45.2 Å². The van der Waals surface area contributed by atoms with Gasteiger partial charge in [0, 0.05) is 25.2 Å². The third-order valence-corrected chi connectivity index (χ3v) is 6.28. The summed E-state index contributed by atoms with van der Waals surface area (Å²) in [6, 6.07) is 0.176. The van der Waals surface area contributed by atoms with Crippen LogP contribution in [0.2, 0.25) is 0 Å². The van der Waals surface area contributed by atoms with Crippen molar-refractivity contribution in [1.29, 1.82) is 0 Å². The molecule has 0 radical (unpaired) electrons. The molecular weight excluding hydrogens is 268 g/mol. The molecule has 118 valence electrons. The molecule has 1 N–H and O–H groups in total. The Morgan fingerprint density at radius 1 is 1.24 bits per heavy atom. The highest BCUT2D eigenvalue weighted by molar-refractivity contribution is 5.79. The Kier molecular flexibility index (Phi) is 3.62. The van der Waals surface area contributed by atoms with E-state index in [1.807, 2.05) is 9.80 Å². The summed E-state index contributed by atoms with van der Waals surface area (Å²) in [7, 11) is 0. The number of aliphatic carboxylic acids is 1. The molecule has 2 amide bonds. The van der Waals surface area contributed by atoms with E-state index in [2.05, 4.69) is 13.8 Å². The number of hydrogen-bond donors (Lipinski definition) is 1. The molecule has 21 heavy (non-hydrogen) atoms. The van der Waals surface area contributed by atoms with Crippen LogP contribution in [0.15, 0.2) is 0 Å². The van der Waals surface area contributed by atoms with Crippen LogP contribution in [0.5, 0.6) is 0 Å². The lowest BCUT2D eigenvalue weighted by atomic mass is 9.82. The van der Waals surface area contributed by atoms with E-state index in [-0.39, 0.29) is 29.4 Å². The zero-order chi connectivity index (χ0) is 15.2. The van der Waals surface area contributed by atoms with Gasteiger partial charge in [-0.25, -0.2) is 4.79 Å². The highest BCUT2D eigenvalue weighted by Gasteiger charge is 2.53. The van der Waals surface area contributed by atoms with Gasteiger partial charge in [-0.1, -0.05) is 13.8 Å². The standard InChI is InChI=1S/C16H26N2O3/c1-3-16(4-2)7-8-17(10-16)15(21)18-11-5-6-13(18)12(9-11)14(19)20/h11-13H,3-10H2,1-2H3,(H,19,20). The summed E-state index contributed by atoms with van der Waals surface area (Å²) in [6.07, 6.45) is 5.77. The van der Waals surface area contributed by atoms with Gasteiger partial charge in [-0.05, 0) is 43.9 Å². The molecule has 0 aromatic carbocycles. The van der Waals surface area contributed by atoms with E-state index in [4.69, 9.17) is 0 Å². The quantitative estimate of drug-likeness (QED) is 0.870. The van der Waals surface area contributed by atoms with Gasteiger partial charge in [0.15, 0.2) is 0 Å². The summed E-state index contributed by atoms with van der Waals surface area (Å²) < 4.78 is 0. The van der Waals surface area contributed by atoms with Gasteiger partial charge < -0.3 is 14.9 Å². The van der Waals surface area contributed by atoms with Gasteiger partial charge in [-0.3, -0.25) is 4.79 Å². The van der Waals surface area contributed by atoms with Crippen molar-refractivity contribution in [2.75, 3.05) is 13.1 Å². The molecule has 3 unspecified atom stereocenters. The molecule has 3 fully saturated rings. The first-order valence-corrected chi connectivity index (χ1v) is 8.31. The van der Waals surface area contributed by atoms with Gasteiger partial charge in [0.25, 0.3) is 0 Å². The van der Waals surface area contributed by atoms with Gasteiger partial charge >= 0.3 is 12.0 Å². The van der Waals surface area contributed by atoms with Crippen molar-refractivity contribution in [3.63, 3.8) is 0 Å². The predicted molar refractivity (Wildman–Crippen MR) is 79.0 cm³/mol. The molecule has 5 nitrogen and oxygen atoms in total. The smallest absolute Gasteiger partial charge is 0.320 e. The first-order chi connectivity index (χ1) is 10.0. The lowest BCUT2D eigenvalue weighted by molar-refractivity contribution is -0.142. The summed E-state index contributed by atoms with van der Waals surface area (Å²) in [4.78, 5) is 28.1. The van der Waals surface area contributed by atoms with Crippen LogP contribution < -0.4 is 0 Å². The number of hydrogen-bond acceptors (Lipinski definition) is 2.